The molecule has 32 heavy (non-hydrogen) atoms. The molecule has 0 unspecified atom stereocenters. The van der Waals surface area contributed by atoms with Crippen LogP contribution >= 0.6 is 0 Å². The lowest BCUT2D eigenvalue weighted by Gasteiger charge is -2.13. The van der Waals surface area contributed by atoms with Crippen LogP contribution in [0.1, 0.15) is 21.5 Å². The number of nitrogens with one attached hydrogen (secondary N) is 1. The summed E-state index contributed by atoms with van der Waals surface area (Å²) in [5, 5.41) is 12.5. The van der Waals surface area contributed by atoms with Gasteiger partial charge in [0.15, 0.2) is 0 Å². The van der Waals surface area contributed by atoms with Gasteiger partial charge in [-0.2, -0.15) is 13.2 Å². The molecule has 0 amide bonds. The number of hydrogen-bond acceptors (Lipinski definition) is 6. The third kappa shape index (κ3) is 4.59. The van der Waals surface area contributed by atoms with Crippen molar-refractivity contribution in [3.8, 4) is 11.6 Å². The SMILES string of the molecule is O=C(O)c1ccc(CNc2nccc3ncnc(Oc4cccc(C(F)(F)F)c4)c23)cc1. The first-order chi connectivity index (χ1) is 15.3. The molecule has 0 fully saturated rings. The van der Waals surface area contributed by atoms with Crippen LogP contribution in [-0.4, -0.2) is 26.0 Å². The van der Waals surface area contributed by atoms with E-state index in [1.54, 1.807) is 18.2 Å². The monoisotopic (exact) mass is 440 g/mol. The smallest absolute Gasteiger partial charge is 0.416 e. The fraction of sp³-hybridized carbons (Fsp3) is 0.0909. The Bertz CT molecular complexity index is 1270. The summed E-state index contributed by atoms with van der Waals surface area (Å²) < 4.78 is 44.7. The fourth-order valence-corrected chi connectivity index (χ4v) is 2.99. The molecular weight excluding hydrogens is 425 g/mol. The van der Waals surface area contributed by atoms with Gasteiger partial charge in [0.2, 0.25) is 5.88 Å². The number of fused-ring (bicyclic) bond motifs is 1. The van der Waals surface area contributed by atoms with E-state index in [-0.39, 0.29) is 17.2 Å². The van der Waals surface area contributed by atoms with Crippen molar-refractivity contribution in [2.75, 3.05) is 5.32 Å². The molecule has 2 heterocycles. The fourth-order valence-electron chi connectivity index (χ4n) is 2.99. The Morgan fingerprint density at radius 1 is 1.03 bits per heavy atom. The molecule has 0 aliphatic carbocycles. The summed E-state index contributed by atoms with van der Waals surface area (Å²) in [6.07, 6.45) is -1.73. The Morgan fingerprint density at radius 2 is 1.81 bits per heavy atom. The second kappa shape index (κ2) is 8.50. The molecule has 2 aromatic carbocycles. The molecule has 0 saturated carbocycles. The highest BCUT2D eigenvalue weighted by Crippen LogP contribution is 2.35. The summed E-state index contributed by atoms with van der Waals surface area (Å²) in [5.41, 5.74) is 0.614. The Labute approximate surface area is 179 Å². The van der Waals surface area contributed by atoms with Crippen molar-refractivity contribution < 1.29 is 27.8 Å². The summed E-state index contributed by atoms with van der Waals surface area (Å²) in [6, 6.07) is 12.4. The molecule has 0 radical (unpaired) electrons. The van der Waals surface area contributed by atoms with Gasteiger partial charge in [-0.15, -0.1) is 0 Å². The first kappa shape index (κ1) is 21.0. The van der Waals surface area contributed by atoms with Crippen LogP contribution in [-0.2, 0) is 12.7 Å². The number of nitrogens with zero attached hydrogens (tertiary/aromatic N) is 3. The van der Waals surface area contributed by atoms with Gasteiger partial charge in [-0.1, -0.05) is 18.2 Å². The summed E-state index contributed by atoms with van der Waals surface area (Å²) in [7, 11) is 0. The number of ether oxygens (including phenoxy) is 1. The molecular formula is C22H15F3N4O3. The van der Waals surface area contributed by atoms with Crippen molar-refractivity contribution in [1.82, 2.24) is 15.0 Å². The van der Waals surface area contributed by atoms with E-state index in [1.807, 2.05) is 0 Å². The van der Waals surface area contributed by atoms with E-state index in [1.165, 1.54) is 36.8 Å². The van der Waals surface area contributed by atoms with E-state index >= 15 is 0 Å². The number of benzene rings is 2. The van der Waals surface area contributed by atoms with Gasteiger partial charge < -0.3 is 15.2 Å². The third-order valence-electron chi connectivity index (χ3n) is 4.55. The van der Waals surface area contributed by atoms with Gasteiger partial charge >= 0.3 is 12.1 Å². The van der Waals surface area contributed by atoms with Gasteiger partial charge in [0.05, 0.1) is 16.6 Å². The van der Waals surface area contributed by atoms with Gasteiger partial charge in [-0.05, 0) is 42.0 Å². The van der Waals surface area contributed by atoms with Crippen molar-refractivity contribution in [2.24, 2.45) is 0 Å². The topological polar surface area (TPSA) is 97.2 Å². The van der Waals surface area contributed by atoms with Crippen LogP contribution in [0, 0.1) is 0 Å². The normalized spacial score (nSPS) is 11.3. The number of hydrogen-bond donors (Lipinski definition) is 2. The molecule has 10 heteroatoms. The number of carboxylic acids is 1. The molecule has 7 nitrogen and oxygen atoms in total. The lowest BCUT2D eigenvalue weighted by Crippen LogP contribution is -2.05. The van der Waals surface area contributed by atoms with Gasteiger partial charge in [0, 0.05) is 12.7 Å². The van der Waals surface area contributed by atoms with E-state index in [9.17, 15) is 18.0 Å². The second-order valence-electron chi connectivity index (χ2n) is 6.72. The van der Waals surface area contributed by atoms with Gasteiger partial charge in [-0.25, -0.2) is 19.7 Å². The van der Waals surface area contributed by atoms with Crippen LogP contribution in [0.5, 0.6) is 11.6 Å². The molecule has 0 bridgehead atoms. The molecule has 0 atom stereocenters. The predicted molar refractivity (Wildman–Crippen MR) is 110 cm³/mol. The number of anilines is 1. The minimum absolute atomic E-state index is 0.0288. The average Bonchev–Trinajstić information content (AvgIpc) is 2.77. The molecule has 162 valence electrons. The molecule has 4 aromatic rings. The van der Waals surface area contributed by atoms with Crippen LogP contribution < -0.4 is 10.1 Å². The lowest BCUT2D eigenvalue weighted by atomic mass is 10.1. The summed E-state index contributed by atoms with van der Waals surface area (Å²) in [5.74, 6) is -0.633. The van der Waals surface area contributed by atoms with Crippen LogP contribution in [0.3, 0.4) is 0 Å². The molecule has 0 aliphatic heterocycles. The number of alkyl halides is 3. The second-order valence-corrected chi connectivity index (χ2v) is 6.72. The predicted octanol–water partition coefficient (Wildman–Crippen LogP) is 5.15. The Kier molecular flexibility index (Phi) is 5.59. The third-order valence-corrected chi connectivity index (χ3v) is 4.55. The summed E-state index contributed by atoms with van der Waals surface area (Å²) >= 11 is 0. The first-order valence-corrected chi connectivity index (χ1v) is 9.32. The van der Waals surface area contributed by atoms with Gasteiger partial charge in [0.25, 0.3) is 0 Å². The molecule has 4 rings (SSSR count). The van der Waals surface area contributed by atoms with E-state index in [0.29, 0.717) is 23.3 Å². The standard InChI is InChI=1S/C22H15F3N4O3/c23-22(24,25)15-2-1-3-16(10-15)32-20-18-17(28-12-29-20)8-9-26-19(18)27-11-13-4-6-14(7-5-13)21(30)31/h1-10,12H,11H2,(H,26,27)(H,30,31). The van der Waals surface area contributed by atoms with Crippen LogP contribution in [0.2, 0.25) is 0 Å². The minimum atomic E-state index is -4.50. The molecule has 2 aromatic heterocycles. The number of aromatic nitrogens is 3. The van der Waals surface area contributed by atoms with Crippen molar-refractivity contribution >= 4 is 22.7 Å². The van der Waals surface area contributed by atoms with Gasteiger partial charge in [0.1, 0.15) is 23.3 Å². The van der Waals surface area contributed by atoms with Crippen molar-refractivity contribution in [2.45, 2.75) is 12.7 Å². The van der Waals surface area contributed by atoms with E-state index < -0.39 is 17.7 Å². The number of carboxylic acid groups (broad SMARTS) is 1. The van der Waals surface area contributed by atoms with Crippen LogP contribution in [0.25, 0.3) is 10.9 Å². The maximum atomic E-state index is 13.0. The number of halogens is 3. The minimum Gasteiger partial charge on any atom is -0.478 e. The zero-order valence-corrected chi connectivity index (χ0v) is 16.3. The zero-order chi connectivity index (χ0) is 22.7. The van der Waals surface area contributed by atoms with Crippen molar-refractivity contribution in [1.29, 1.82) is 0 Å². The summed E-state index contributed by atoms with van der Waals surface area (Å²) in [4.78, 5) is 23.5. The lowest BCUT2D eigenvalue weighted by molar-refractivity contribution is -0.137. The van der Waals surface area contributed by atoms with Crippen LogP contribution in [0.15, 0.2) is 67.1 Å². The highest BCUT2D eigenvalue weighted by molar-refractivity contribution is 5.93. The largest absolute Gasteiger partial charge is 0.478 e. The van der Waals surface area contributed by atoms with E-state index in [4.69, 9.17) is 9.84 Å². The quantitative estimate of drug-likeness (QED) is 0.428. The molecule has 2 N–H and O–H groups in total. The number of rotatable bonds is 6. The average molecular weight is 440 g/mol. The Balaban J connectivity index is 1.63. The highest BCUT2D eigenvalue weighted by Gasteiger charge is 2.30. The van der Waals surface area contributed by atoms with Crippen molar-refractivity contribution in [3.63, 3.8) is 0 Å². The zero-order valence-electron chi connectivity index (χ0n) is 16.3. The number of carbonyl (C=O) groups is 1. The highest BCUT2D eigenvalue weighted by atomic mass is 19.4. The van der Waals surface area contributed by atoms with Crippen molar-refractivity contribution in [3.05, 3.63) is 83.8 Å². The van der Waals surface area contributed by atoms with E-state index in [2.05, 4.69) is 20.3 Å². The molecule has 0 spiro atoms. The van der Waals surface area contributed by atoms with Crippen LogP contribution in [0.4, 0.5) is 19.0 Å². The Morgan fingerprint density at radius 3 is 2.53 bits per heavy atom. The maximum absolute atomic E-state index is 13.0. The maximum Gasteiger partial charge on any atom is 0.416 e. The summed E-state index contributed by atoms with van der Waals surface area (Å²) in [6.45, 7) is 0.309. The Hall–Kier alpha value is -4.21. The molecule has 0 saturated heterocycles. The first-order valence-electron chi connectivity index (χ1n) is 9.32. The van der Waals surface area contributed by atoms with Gasteiger partial charge in [-0.3, -0.25) is 0 Å². The van der Waals surface area contributed by atoms with E-state index in [0.717, 1.165) is 17.7 Å². The number of aromatic carboxylic acids is 1. The number of pyridine rings is 1. The molecule has 0 aliphatic rings.